The highest BCUT2D eigenvalue weighted by Crippen LogP contribution is 2.45. The minimum absolute atomic E-state index is 0.102. The van der Waals surface area contributed by atoms with Crippen molar-refractivity contribution in [1.29, 1.82) is 0 Å². The van der Waals surface area contributed by atoms with Gasteiger partial charge < -0.3 is 29.0 Å². The van der Waals surface area contributed by atoms with Crippen LogP contribution in [0.25, 0.3) is 0 Å². The van der Waals surface area contributed by atoms with Crippen LogP contribution in [0.3, 0.4) is 0 Å². The molecule has 9 nitrogen and oxygen atoms in total. The van der Waals surface area contributed by atoms with Crippen molar-refractivity contribution in [3.63, 3.8) is 0 Å². The number of anilines is 1. The predicted octanol–water partition coefficient (Wildman–Crippen LogP) is 3.90. The number of nitrogens with zero attached hydrogens (tertiary/aromatic N) is 1. The maximum Gasteiger partial charge on any atom is 0.409 e. The molecule has 0 spiro atoms. The molecular weight excluding hydrogens is 500 g/mol. The second-order valence-electron chi connectivity index (χ2n) is 10.3. The van der Waals surface area contributed by atoms with E-state index < -0.39 is 29.6 Å². The summed E-state index contributed by atoms with van der Waals surface area (Å²) in [6.45, 7) is 3.91. The first-order valence-corrected chi connectivity index (χ1v) is 12.7. The van der Waals surface area contributed by atoms with Crippen molar-refractivity contribution in [2.75, 3.05) is 26.2 Å². The number of hydrogen-bond donors (Lipinski definition) is 2. The minimum Gasteiger partial charge on any atom is -0.495 e. The largest absolute Gasteiger partial charge is 0.495 e. The number of nitrogens with one attached hydrogen (secondary N) is 1. The molecule has 2 fully saturated rings. The number of carbonyl (C=O) groups excluding carboxylic acids is 2. The Kier molecular flexibility index (Phi) is 7.90. The molecule has 10 heteroatoms. The van der Waals surface area contributed by atoms with E-state index in [1.807, 2.05) is 32.1 Å². The molecule has 2 saturated heterocycles. The van der Waals surface area contributed by atoms with Crippen LogP contribution in [0.5, 0.6) is 5.75 Å². The van der Waals surface area contributed by atoms with E-state index in [9.17, 15) is 14.7 Å². The molecule has 37 heavy (non-hydrogen) atoms. The number of halogens is 1. The van der Waals surface area contributed by atoms with E-state index in [0.29, 0.717) is 35.7 Å². The molecule has 202 valence electrons. The van der Waals surface area contributed by atoms with Crippen LogP contribution in [0.4, 0.5) is 10.5 Å². The van der Waals surface area contributed by atoms with Gasteiger partial charge in [0.15, 0.2) is 5.72 Å². The second-order valence-corrected chi connectivity index (χ2v) is 10.6. The number of hydrogen-bond acceptors (Lipinski definition) is 7. The summed E-state index contributed by atoms with van der Waals surface area (Å²) in [4.78, 5) is 27.0. The molecule has 3 aliphatic heterocycles. The van der Waals surface area contributed by atoms with Gasteiger partial charge in [-0.15, -0.1) is 0 Å². The summed E-state index contributed by atoms with van der Waals surface area (Å²) < 4.78 is 22.4. The molecule has 0 aliphatic carbocycles. The van der Waals surface area contributed by atoms with Crippen LogP contribution in [0.15, 0.2) is 35.9 Å². The lowest BCUT2D eigenvalue weighted by Gasteiger charge is -2.40. The van der Waals surface area contributed by atoms with E-state index in [2.05, 4.69) is 5.32 Å². The lowest BCUT2D eigenvalue weighted by molar-refractivity contribution is -0.135. The first-order valence-electron chi connectivity index (χ1n) is 12.4. The molecule has 3 aliphatic rings. The van der Waals surface area contributed by atoms with Gasteiger partial charge in [0, 0.05) is 33.4 Å². The lowest BCUT2D eigenvalue weighted by Crippen LogP contribution is -2.62. The van der Waals surface area contributed by atoms with Gasteiger partial charge in [0.25, 0.3) is 0 Å². The van der Waals surface area contributed by atoms with Gasteiger partial charge in [-0.1, -0.05) is 35.4 Å². The molecule has 1 aromatic carbocycles. The summed E-state index contributed by atoms with van der Waals surface area (Å²) in [5.74, 6) is 0.389. The monoisotopic (exact) mass is 534 g/mol. The third kappa shape index (κ3) is 5.95. The molecule has 5 atom stereocenters. The van der Waals surface area contributed by atoms with Crippen LogP contribution in [-0.2, 0) is 25.4 Å². The summed E-state index contributed by atoms with van der Waals surface area (Å²) in [5, 5.41) is 14.2. The first-order chi connectivity index (χ1) is 17.5. The lowest BCUT2D eigenvalue weighted by atomic mass is 9.91. The second kappa shape index (κ2) is 10.6. The SMILES string of the molecule is COc1cc2cc(c1Cl)N(C)C(=O)CC[C@]1(C)OC1C[C@@H]1C[C@@](O)(NC(=O)O1)[C@H](OC)/C=C/C=C(\C)C2. The number of ether oxygens (including phenoxy) is 4. The molecular formula is C27H35ClN2O7. The zero-order chi connectivity index (χ0) is 27.0. The number of benzene rings is 1. The van der Waals surface area contributed by atoms with Crippen LogP contribution >= 0.6 is 11.6 Å². The van der Waals surface area contributed by atoms with Gasteiger partial charge in [-0.2, -0.15) is 0 Å². The summed E-state index contributed by atoms with van der Waals surface area (Å²) in [6.07, 6.45) is 4.97. The zero-order valence-corrected chi connectivity index (χ0v) is 22.6. The number of aliphatic hydroxyl groups is 1. The zero-order valence-electron chi connectivity index (χ0n) is 21.9. The van der Waals surface area contributed by atoms with E-state index in [1.165, 1.54) is 7.11 Å². The van der Waals surface area contributed by atoms with Crippen molar-refractivity contribution >= 4 is 29.3 Å². The van der Waals surface area contributed by atoms with Gasteiger partial charge in [-0.25, -0.2) is 4.79 Å². The first kappa shape index (κ1) is 27.4. The van der Waals surface area contributed by atoms with E-state index in [4.69, 9.17) is 30.5 Å². The number of alkyl carbamates (subject to hydrolysis) is 1. The van der Waals surface area contributed by atoms with E-state index in [1.54, 1.807) is 31.2 Å². The molecule has 0 radical (unpaired) electrons. The molecule has 1 aromatic rings. The van der Waals surface area contributed by atoms with Gasteiger partial charge in [-0.3, -0.25) is 10.1 Å². The fourth-order valence-corrected chi connectivity index (χ4v) is 5.40. The summed E-state index contributed by atoms with van der Waals surface area (Å²) in [7, 11) is 4.73. The predicted molar refractivity (Wildman–Crippen MR) is 139 cm³/mol. The third-order valence-corrected chi connectivity index (χ3v) is 7.77. The van der Waals surface area contributed by atoms with Crippen molar-refractivity contribution in [3.8, 4) is 5.75 Å². The molecule has 2 N–H and O–H groups in total. The van der Waals surface area contributed by atoms with Crippen molar-refractivity contribution < 1.29 is 33.6 Å². The van der Waals surface area contributed by atoms with Gasteiger partial charge in [0.1, 0.15) is 23.0 Å². The van der Waals surface area contributed by atoms with Crippen LogP contribution in [-0.4, -0.2) is 68.0 Å². The summed E-state index contributed by atoms with van der Waals surface area (Å²) in [6, 6.07) is 3.75. The topological polar surface area (TPSA) is 110 Å². The van der Waals surface area contributed by atoms with Crippen LogP contribution in [0.2, 0.25) is 5.02 Å². The average molecular weight is 535 g/mol. The van der Waals surface area contributed by atoms with Crippen molar-refractivity contribution in [2.24, 2.45) is 0 Å². The number of methoxy groups -OCH3 is 2. The molecule has 4 rings (SSSR count). The Hall–Kier alpha value is -2.59. The molecule has 4 bridgehead atoms. The minimum atomic E-state index is -1.64. The molecule has 3 heterocycles. The smallest absolute Gasteiger partial charge is 0.409 e. The van der Waals surface area contributed by atoms with Crippen LogP contribution in [0.1, 0.15) is 45.1 Å². The van der Waals surface area contributed by atoms with Crippen LogP contribution < -0.4 is 15.0 Å². The highest BCUT2D eigenvalue weighted by molar-refractivity contribution is 6.35. The van der Waals surface area contributed by atoms with Gasteiger partial charge >= 0.3 is 6.09 Å². The molecule has 1 unspecified atom stereocenters. The fraction of sp³-hybridized carbons (Fsp3) is 0.556. The summed E-state index contributed by atoms with van der Waals surface area (Å²) in [5.41, 5.74) is 0.349. The fourth-order valence-electron chi connectivity index (χ4n) is 5.09. The number of amides is 2. The van der Waals surface area contributed by atoms with Crippen molar-refractivity contribution in [1.82, 2.24) is 5.32 Å². The third-order valence-electron chi connectivity index (χ3n) is 7.39. The quantitative estimate of drug-likeness (QED) is 0.554. The Morgan fingerprint density at radius 2 is 2.03 bits per heavy atom. The van der Waals surface area contributed by atoms with E-state index in [0.717, 1.165) is 11.1 Å². The Bertz CT molecular complexity index is 1120. The van der Waals surface area contributed by atoms with E-state index in [-0.39, 0.29) is 24.9 Å². The number of epoxide rings is 1. The van der Waals surface area contributed by atoms with Crippen molar-refractivity contribution in [2.45, 2.75) is 75.6 Å². The average Bonchev–Trinajstić information content (AvgIpc) is 3.48. The highest BCUT2D eigenvalue weighted by atomic mass is 35.5. The summed E-state index contributed by atoms with van der Waals surface area (Å²) >= 11 is 6.59. The maximum absolute atomic E-state index is 13.1. The number of fused-ring (bicyclic) bond motifs is 5. The Morgan fingerprint density at radius 3 is 2.73 bits per heavy atom. The Balaban J connectivity index is 1.69. The molecule has 0 aromatic heterocycles. The normalized spacial score (nSPS) is 34.9. The standard InChI is InChI=1S/C27H35ClN2O7/c1-16-7-6-8-21(35-5)27(33)15-18(36-25(32)29-27)14-22-26(2,37-22)10-9-23(31)30(3)19-12-17(11-16)13-20(34-4)24(19)28/h6-8,12-13,18,21-22,33H,9-11,14-15H2,1-5H3,(H,29,32)/b8-6+,16-7+/t18-,21-,22?,26+,27+/m1/s1. The number of rotatable bonds is 2. The van der Waals surface area contributed by atoms with Crippen molar-refractivity contribution in [3.05, 3.63) is 46.5 Å². The van der Waals surface area contributed by atoms with Gasteiger partial charge in [0.2, 0.25) is 5.91 Å². The Labute approximate surface area is 222 Å². The Morgan fingerprint density at radius 1 is 1.27 bits per heavy atom. The van der Waals surface area contributed by atoms with E-state index >= 15 is 0 Å². The van der Waals surface area contributed by atoms with Gasteiger partial charge in [0.05, 0.1) is 24.5 Å². The number of allylic oxidation sites excluding steroid dienone is 3. The molecule has 0 saturated carbocycles. The number of carbonyl (C=O) groups is 2. The molecule has 2 amide bonds. The maximum atomic E-state index is 13.1. The highest BCUT2D eigenvalue weighted by Gasteiger charge is 2.55. The van der Waals surface area contributed by atoms with Crippen LogP contribution in [0, 0.1) is 0 Å². The van der Waals surface area contributed by atoms with Gasteiger partial charge in [-0.05, 0) is 44.4 Å².